The number of carboxylic acids is 1. The summed E-state index contributed by atoms with van der Waals surface area (Å²) in [6.45, 7) is 7.84. The SMILES string of the molecule is Cc1cc(OCC(C)(C)O)cc(C)c1-c1ccc(F)c(CNc2ccc([C@H]3C[C@@H]3C(=O)O)nc2)c1. The molecule has 3 aromatic rings. The summed E-state index contributed by atoms with van der Waals surface area (Å²) in [6.07, 6.45) is 2.29. The van der Waals surface area contributed by atoms with E-state index in [1.54, 1.807) is 26.1 Å². The van der Waals surface area contributed by atoms with Crippen molar-refractivity contribution in [2.24, 2.45) is 5.92 Å². The van der Waals surface area contributed by atoms with Gasteiger partial charge in [-0.1, -0.05) is 6.07 Å². The number of pyridine rings is 1. The molecular weight excluding hydrogens is 447 g/mol. The van der Waals surface area contributed by atoms with Crippen LogP contribution in [0.5, 0.6) is 5.75 Å². The molecule has 2 aromatic carbocycles. The molecule has 0 bridgehead atoms. The number of carbonyl (C=O) groups is 1. The first-order chi connectivity index (χ1) is 16.5. The summed E-state index contributed by atoms with van der Waals surface area (Å²) in [5.74, 6) is -0.752. The van der Waals surface area contributed by atoms with Crippen LogP contribution in [-0.2, 0) is 11.3 Å². The monoisotopic (exact) mass is 478 g/mol. The van der Waals surface area contributed by atoms with Crippen LogP contribution in [0.2, 0.25) is 0 Å². The Kier molecular flexibility index (Phi) is 6.81. The second-order valence-corrected chi connectivity index (χ2v) is 9.95. The molecular formula is C28H31FN2O4. The summed E-state index contributed by atoms with van der Waals surface area (Å²) in [5, 5.41) is 22.2. The summed E-state index contributed by atoms with van der Waals surface area (Å²) in [6, 6.07) is 12.6. The number of ether oxygens (including phenoxy) is 1. The third-order valence-corrected chi connectivity index (χ3v) is 6.19. The van der Waals surface area contributed by atoms with Crippen molar-refractivity contribution in [3.05, 3.63) is 76.9 Å². The smallest absolute Gasteiger partial charge is 0.307 e. The third kappa shape index (κ3) is 5.98. The lowest BCUT2D eigenvalue weighted by molar-refractivity contribution is -0.138. The van der Waals surface area contributed by atoms with E-state index in [-0.39, 0.29) is 30.8 Å². The Morgan fingerprint density at radius 3 is 2.46 bits per heavy atom. The Morgan fingerprint density at radius 1 is 1.17 bits per heavy atom. The Bertz CT molecular complexity index is 1210. The van der Waals surface area contributed by atoms with Crippen LogP contribution in [0, 0.1) is 25.6 Å². The van der Waals surface area contributed by atoms with Crippen LogP contribution in [0.15, 0.2) is 48.7 Å². The number of aliphatic carboxylic acids is 1. The minimum absolute atomic E-state index is 0.0194. The predicted molar refractivity (Wildman–Crippen MR) is 133 cm³/mol. The molecule has 2 atom stereocenters. The molecule has 0 spiro atoms. The molecule has 4 rings (SSSR count). The Labute approximate surface area is 204 Å². The fraction of sp³-hybridized carbons (Fsp3) is 0.357. The Hall–Kier alpha value is -3.45. The van der Waals surface area contributed by atoms with Gasteiger partial charge in [-0.3, -0.25) is 9.78 Å². The number of nitrogens with one attached hydrogen (secondary N) is 1. The zero-order chi connectivity index (χ0) is 25.3. The molecule has 7 heteroatoms. The quantitative estimate of drug-likeness (QED) is 0.379. The maximum atomic E-state index is 14.6. The fourth-order valence-electron chi connectivity index (χ4n) is 4.31. The van der Waals surface area contributed by atoms with Crippen LogP contribution >= 0.6 is 0 Å². The lowest BCUT2D eigenvalue weighted by atomic mass is 9.94. The van der Waals surface area contributed by atoms with Gasteiger partial charge < -0.3 is 20.3 Å². The number of hydrogen-bond donors (Lipinski definition) is 3. The van der Waals surface area contributed by atoms with Crippen LogP contribution in [0.1, 0.15) is 48.6 Å². The molecule has 1 heterocycles. The lowest BCUT2D eigenvalue weighted by Gasteiger charge is -2.20. The van der Waals surface area contributed by atoms with Gasteiger partial charge in [0.25, 0.3) is 0 Å². The Morgan fingerprint density at radius 2 is 1.89 bits per heavy atom. The van der Waals surface area contributed by atoms with Crippen molar-refractivity contribution in [3.63, 3.8) is 0 Å². The average molecular weight is 479 g/mol. The summed E-state index contributed by atoms with van der Waals surface area (Å²) in [5.41, 5.74) is 5.05. The van der Waals surface area contributed by atoms with Crippen molar-refractivity contribution in [2.75, 3.05) is 11.9 Å². The maximum Gasteiger partial charge on any atom is 0.307 e. The van der Waals surface area contributed by atoms with E-state index in [1.807, 2.05) is 44.2 Å². The lowest BCUT2D eigenvalue weighted by Crippen LogP contribution is -2.27. The van der Waals surface area contributed by atoms with Gasteiger partial charge >= 0.3 is 5.97 Å². The number of benzene rings is 2. The summed E-state index contributed by atoms with van der Waals surface area (Å²) >= 11 is 0. The third-order valence-electron chi connectivity index (χ3n) is 6.19. The molecule has 3 N–H and O–H groups in total. The van der Waals surface area contributed by atoms with Crippen LogP contribution in [0.4, 0.5) is 10.1 Å². The van der Waals surface area contributed by atoms with Gasteiger partial charge in [-0.15, -0.1) is 0 Å². The summed E-state index contributed by atoms with van der Waals surface area (Å²) in [4.78, 5) is 15.5. The highest BCUT2D eigenvalue weighted by Gasteiger charge is 2.45. The van der Waals surface area contributed by atoms with Crippen LogP contribution < -0.4 is 10.1 Å². The number of aliphatic hydroxyl groups is 1. The molecule has 0 aliphatic heterocycles. The highest BCUT2D eigenvalue weighted by atomic mass is 19.1. The van der Waals surface area contributed by atoms with Crippen LogP contribution in [-0.4, -0.2) is 33.4 Å². The zero-order valence-electron chi connectivity index (χ0n) is 20.4. The molecule has 1 aliphatic rings. The summed E-state index contributed by atoms with van der Waals surface area (Å²) < 4.78 is 20.4. The van der Waals surface area contributed by atoms with Gasteiger partial charge in [0.2, 0.25) is 0 Å². The number of nitrogens with zero attached hydrogens (tertiary/aromatic N) is 1. The van der Waals surface area contributed by atoms with Gasteiger partial charge in [0.1, 0.15) is 18.2 Å². The van der Waals surface area contributed by atoms with E-state index in [9.17, 15) is 14.3 Å². The molecule has 1 aliphatic carbocycles. The van der Waals surface area contributed by atoms with Gasteiger partial charge in [-0.25, -0.2) is 4.39 Å². The highest BCUT2D eigenvalue weighted by Crippen LogP contribution is 2.46. The van der Waals surface area contributed by atoms with Crippen molar-refractivity contribution < 1.29 is 24.1 Å². The number of carboxylic acid groups (broad SMARTS) is 1. The van der Waals surface area contributed by atoms with Gasteiger partial charge in [0.05, 0.1) is 23.4 Å². The van der Waals surface area contributed by atoms with Gasteiger partial charge in [-0.2, -0.15) is 0 Å². The molecule has 6 nitrogen and oxygen atoms in total. The number of rotatable bonds is 9. The fourth-order valence-corrected chi connectivity index (χ4v) is 4.31. The molecule has 1 aromatic heterocycles. The van der Waals surface area contributed by atoms with Gasteiger partial charge in [-0.05, 0) is 92.8 Å². The van der Waals surface area contributed by atoms with Crippen LogP contribution in [0.3, 0.4) is 0 Å². The summed E-state index contributed by atoms with van der Waals surface area (Å²) in [7, 11) is 0. The standard InChI is InChI=1S/C28H31FN2O4/c1-16-9-21(35-15-28(3,4)34)10-17(2)26(16)18-5-7-24(29)19(11-18)13-30-20-6-8-25(31-14-20)22-12-23(22)27(32)33/h5-11,14,22-23,30,34H,12-13,15H2,1-4H3,(H,32,33)/t22-,23-/m0/s1. The number of anilines is 1. The molecule has 1 fully saturated rings. The minimum Gasteiger partial charge on any atom is -0.491 e. The van der Waals surface area contributed by atoms with E-state index < -0.39 is 11.6 Å². The van der Waals surface area contributed by atoms with Crippen molar-refractivity contribution in [3.8, 4) is 16.9 Å². The molecule has 184 valence electrons. The molecule has 0 saturated heterocycles. The first-order valence-electron chi connectivity index (χ1n) is 11.7. The van der Waals surface area contributed by atoms with Crippen molar-refractivity contribution in [1.29, 1.82) is 0 Å². The van der Waals surface area contributed by atoms with E-state index in [0.29, 0.717) is 17.7 Å². The minimum atomic E-state index is -0.923. The van der Waals surface area contributed by atoms with Crippen LogP contribution in [0.25, 0.3) is 11.1 Å². The van der Waals surface area contributed by atoms with E-state index in [0.717, 1.165) is 33.6 Å². The Balaban J connectivity index is 1.47. The molecule has 1 saturated carbocycles. The van der Waals surface area contributed by atoms with Gasteiger partial charge in [0.15, 0.2) is 0 Å². The molecule has 0 unspecified atom stereocenters. The highest BCUT2D eigenvalue weighted by molar-refractivity contribution is 5.75. The number of halogens is 1. The predicted octanol–water partition coefficient (Wildman–Crippen LogP) is 5.45. The van der Waals surface area contributed by atoms with Crippen molar-refractivity contribution >= 4 is 11.7 Å². The maximum absolute atomic E-state index is 14.6. The zero-order valence-corrected chi connectivity index (χ0v) is 20.4. The topological polar surface area (TPSA) is 91.7 Å². The van der Waals surface area contributed by atoms with Crippen molar-refractivity contribution in [2.45, 2.75) is 52.2 Å². The average Bonchev–Trinajstić information content (AvgIpc) is 3.59. The second kappa shape index (κ2) is 9.66. The first-order valence-corrected chi connectivity index (χ1v) is 11.7. The van der Waals surface area contributed by atoms with Gasteiger partial charge in [0, 0.05) is 23.7 Å². The largest absolute Gasteiger partial charge is 0.491 e. The number of hydrogen-bond acceptors (Lipinski definition) is 5. The van der Waals surface area contributed by atoms with E-state index in [4.69, 9.17) is 9.84 Å². The second-order valence-electron chi connectivity index (χ2n) is 9.95. The first kappa shape index (κ1) is 24.7. The van der Waals surface area contributed by atoms with E-state index in [2.05, 4.69) is 10.3 Å². The van der Waals surface area contributed by atoms with E-state index in [1.165, 1.54) is 6.07 Å². The molecule has 35 heavy (non-hydrogen) atoms. The number of aromatic nitrogens is 1. The molecule has 0 amide bonds. The van der Waals surface area contributed by atoms with Crippen molar-refractivity contribution in [1.82, 2.24) is 4.98 Å². The van der Waals surface area contributed by atoms with E-state index >= 15 is 0 Å². The molecule has 0 radical (unpaired) electrons. The normalized spacial score (nSPS) is 17.2. The number of aryl methyl sites for hydroxylation is 2.